The number of nitrogens with one attached hydrogen (secondary N) is 1. The Morgan fingerprint density at radius 1 is 1.53 bits per heavy atom. The molecule has 0 aliphatic carbocycles. The summed E-state index contributed by atoms with van der Waals surface area (Å²) in [5.74, 6) is 0.00487. The molecule has 1 aliphatic rings. The molecule has 0 fully saturated rings. The SMILES string of the molecule is CC(C)(C#N)C(N)c1ccc2c(c1)CC(=O)N2. The van der Waals surface area contributed by atoms with Gasteiger partial charge in [0.15, 0.2) is 0 Å². The third-order valence-electron chi connectivity index (χ3n) is 3.18. The van der Waals surface area contributed by atoms with Crippen LogP contribution in [0.5, 0.6) is 0 Å². The number of hydrogen-bond donors (Lipinski definition) is 2. The van der Waals surface area contributed by atoms with Gasteiger partial charge in [-0.05, 0) is 31.0 Å². The number of hydrogen-bond acceptors (Lipinski definition) is 3. The fourth-order valence-corrected chi connectivity index (χ4v) is 1.93. The highest BCUT2D eigenvalue weighted by molar-refractivity contribution is 5.99. The zero-order chi connectivity index (χ0) is 12.6. The summed E-state index contributed by atoms with van der Waals surface area (Å²) in [6.07, 6.45) is 0.392. The first-order valence-corrected chi connectivity index (χ1v) is 5.53. The van der Waals surface area contributed by atoms with Crippen molar-refractivity contribution < 1.29 is 4.79 Å². The van der Waals surface area contributed by atoms with Crippen LogP contribution < -0.4 is 11.1 Å². The van der Waals surface area contributed by atoms with Gasteiger partial charge in [0, 0.05) is 11.7 Å². The molecule has 4 nitrogen and oxygen atoms in total. The van der Waals surface area contributed by atoms with E-state index in [1.807, 2.05) is 32.0 Å². The third kappa shape index (κ3) is 2.02. The molecule has 2 rings (SSSR count). The van der Waals surface area contributed by atoms with Gasteiger partial charge < -0.3 is 11.1 Å². The first kappa shape index (κ1) is 11.6. The van der Waals surface area contributed by atoms with Crippen molar-refractivity contribution in [1.29, 1.82) is 5.26 Å². The third-order valence-corrected chi connectivity index (χ3v) is 3.18. The lowest BCUT2D eigenvalue weighted by atomic mass is 9.82. The molecule has 0 bridgehead atoms. The van der Waals surface area contributed by atoms with E-state index in [9.17, 15) is 4.79 Å². The van der Waals surface area contributed by atoms with Crippen molar-refractivity contribution in [3.63, 3.8) is 0 Å². The van der Waals surface area contributed by atoms with Gasteiger partial charge in [-0.15, -0.1) is 0 Å². The molecule has 0 radical (unpaired) electrons. The molecule has 0 spiro atoms. The van der Waals surface area contributed by atoms with Gasteiger partial charge in [0.05, 0.1) is 17.9 Å². The standard InChI is InChI=1S/C13H15N3O/c1-13(2,7-14)12(15)8-3-4-10-9(5-8)6-11(17)16-10/h3-5,12H,6,15H2,1-2H3,(H,16,17). The topological polar surface area (TPSA) is 78.9 Å². The van der Waals surface area contributed by atoms with Gasteiger partial charge in [-0.2, -0.15) is 5.26 Å². The Morgan fingerprint density at radius 2 is 2.24 bits per heavy atom. The molecule has 4 heteroatoms. The first-order valence-electron chi connectivity index (χ1n) is 5.53. The van der Waals surface area contributed by atoms with Crippen molar-refractivity contribution in [3.8, 4) is 6.07 Å². The van der Waals surface area contributed by atoms with Crippen molar-refractivity contribution in [1.82, 2.24) is 0 Å². The van der Waals surface area contributed by atoms with Crippen LogP contribution in [0, 0.1) is 16.7 Å². The number of anilines is 1. The number of carbonyl (C=O) groups excluding carboxylic acids is 1. The van der Waals surface area contributed by atoms with Crippen LogP contribution in [0.1, 0.15) is 31.0 Å². The average Bonchev–Trinajstić information content (AvgIpc) is 2.66. The summed E-state index contributed by atoms with van der Waals surface area (Å²) >= 11 is 0. The van der Waals surface area contributed by atoms with E-state index >= 15 is 0 Å². The van der Waals surface area contributed by atoms with Gasteiger partial charge in [-0.1, -0.05) is 12.1 Å². The highest BCUT2D eigenvalue weighted by Gasteiger charge is 2.28. The summed E-state index contributed by atoms with van der Waals surface area (Å²) in [7, 11) is 0. The Balaban J connectivity index is 2.34. The largest absolute Gasteiger partial charge is 0.326 e. The molecular formula is C13H15N3O. The monoisotopic (exact) mass is 229 g/mol. The second-order valence-electron chi connectivity index (χ2n) is 4.95. The number of fused-ring (bicyclic) bond motifs is 1. The normalized spacial score (nSPS) is 16.0. The van der Waals surface area contributed by atoms with E-state index in [0.717, 1.165) is 16.8 Å². The Kier molecular flexibility index (Phi) is 2.64. The molecule has 17 heavy (non-hydrogen) atoms. The maximum atomic E-state index is 11.2. The van der Waals surface area contributed by atoms with E-state index in [1.165, 1.54) is 0 Å². The number of nitrogens with zero attached hydrogens (tertiary/aromatic N) is 1. The molecule has 1 atom stereocenters. The fraction of sp³-hybridized carbons (Fsp3) is 0.385. The number of rotatable bonds is 2. The van der Waals surface area contributed by atoms with E-state index in [-0.39, 0.29) is 11.9 Å². The minimum atomic E-state index is -0.621. The van der Waals surface area contributed by atoms with Gasteiger partial charge in [-0.3, -0.25) is 4.79 Å². The van der Waals surface area contributed by atoms with Crippen LogP contribution in [0.15, 0.2) is 18.2 Å². The van der Waals surface area contributed by atoms with Crippen LogP contribution in [-0.2, 0) is 11.2 Å². The fourth-order valence-electron chi connectivity index (χ4n) is 1.93. The highest BCUT2D eigenvalue weighted by atomic mass is 16.1. The van der Waals surface area contributed by atoms with Crippen LogP contribution in [0.2, 0.25) is 0 Å². The number of benzene rings is 1. The van der Waals surface area contributed by atoms with Crippen molar-refractivity contribution in [3.05, 3.63) is 29.3 Å². The van der Waals surface area contributed by atoms with Gasteiger partial charge in [0.1, 0.15) is 0 Å². The molecule has 0 saturated heterocycles. The summed E-state index contributed by atoms with van der Waals surface area (Å²) in [6, 6.07) is 7.49. The minimum absolute atomic E-state index is 0.00487. The molecule has 0 aromatic heterocycles. The summed E-state index contributed by atoms with van der Waals surface area (Å²) in [4.78, 5) is 11.2. The molecular weight excluding hydrogens is 214 g/mol. The highest BCUT2D eigenvalue weighted by Crippen LogP contribution is 2.33. The number of carbonyl (C=O) groups is 1. The zero-order valence-electron chi connectivity index (χ0n) is 9.95. The average molecular weight is 229 g/mol. The predicted octanol–water partition coefficient (Wildman–Crippen LogP) is 1.73. The van der Waals surface area contributed by atoms with Gasteiger partial charge >= 0.3 is 0 Å². The molecule has 1 aromatic carbocycles. The molecule has 3 N–H and O–H groups in total. The van der Waals surface area contributed by atoms with Crippen LogP contribution in [0.3, 0.4) is 0 Å². The van der Waals surface area contributed by atoms with Gasteiger partial charge in [-0.25, -0.2) is 0 Å². The van der Waals surface area contributed by atoms with Crippen LogP contribution in [-0.4, -0.2) is 5.91 Å². The van der Waals surface area contributed by atoms with Crippen LogP contribution in [0.25, 0.3) is 0 Å². The van der Waals surface area contributed by atoms with Crippen molar-refractivity contribution in [2.75, 3.05) is 5.32 Å². The van der Waals surface area contributed by atoms with E-state index in [4.69, 9.17) is 11.0 Å². The van der Waals surface area contributed by atoms with Crippen LogP contribution in [0.4, 0.5) is 5.69 Å². The summed E-state index contributed by atoms with van der Waals surface area (Å²) in [5, 5.41) is 11.8. The summed E-state index contributed by atoms with van der Waals surface area (Å²) < 4.78 is 0. The van der Waals surface area contributed by atoms with E-state index in [2.05, 4.69) is 11.4 Å². The Hall–Kier alpha value is -1.86. The quantitative estimate of drug-likeness (QED) is 0.810. The second kappa shape index (κ2) is 3.86. The molecule has 1 amide bonds. The lowest BCUT2D eigenvalue weighted by Gasteiger charge is -2.24. The smallest absolute Gasteiger partial charge is 0.228 e. The molecule has 88 valence electrons. The van der Waals surface area contributed by atoms with Crippen LogP contribution >= 0.6 is 0 Å². The lowest BCUT2D eigenvalue weighted by molar-refractivity contribution is -0.115. The number of amides is 1. The maximum absolute atomic E-state index is 11.2. The van der Waals surface area contributed by atoms with Crippen molar-refractivity contribution in [2.45, 2.75) is 26.3 Å². The predicted molar refractivity (Wildman–Crippen MR) is 65.1 cm³/mol. The molecule has 1 aliphatic heterocycles. The number of nitriles is 1. The maximum Gasteiger partial charge on any atom is 0.228 e. The number of nitrogens with two attached hydrogens (primary N) is 1. The molecule has 1 unspecified atom stereocenters. The van der Waals surface area contributed by atoms with E-state index in [1.54, 1.807) is 0 Å². The van der Waals surface area contributed by atoms with E-state index < -0.39 is 5.41 Å². The Bertz CT molecular complexity index is 514. The van der Waals surface area contributed by atoms with Crippen molar-refractivity contribution >= 4 is 11.6 Å². The van der Waals surface area contributed by atoms with Gasteiger partial charge in [0.25, 0.3) is 0 Å². The minimum Gasteiger partial charge on any atom is -0.326 e. The Morgan fingerprint density at radius 3 is 2.88 bits per heavy atom. The first-order chi connectivity index (χ1) is 7.94. The van der Waals surface area contributed by atoms with Crippen molar-refractivity contribution in [2.24, 2.45) is 11.1 Å². The second-order valence-corrected chi connectivity index (χ2v) is 4.95. The molecule has 0 saturated carbocycles. The lowest BCUT2D eigenvalue weighted by Crippen LogP contribution is -2.27. The molecule has 1 heterocycles. The Labute approximate surface area is 100 Å². The summed E-state index contributed by atoms with van der Waals surface area (Å²) in [5.41, 5.74) is 8.16. The summed E-state index contributed by atoms with van der Waals surface area (Å²) in [6.45, 7) is 3.63. The molecule has 1 aromatic rings. The zero-order valence-corrected chi connectivity index (χ0v) is 9.95. The van der Waals surface area contributed by atoms with E-state index in [0.29, 0.717) is 6.42 Å². The van der Waals surface area contributed by atoms with Gasteiger partial charge in [0.2, 0.25) is 5.91 Å².